The molecule has 2 amide bonds. The van der Waals surface area contributed by atoms with Crippen molar-refractivity contribution in [1.29, 1.82) is 5.26 Å². The second-order valence-electron chi connectivity index (χ2n) is 6.36. The van der Waals surface area contributed by atoms with Crippen LogP contribution in [0.1, 0.15) is 23.0 Å². The fourth-order valence-corrected chi connectivity index (χ4v) is 2.74. The smallest absolute Gasteiger partial charge is 0.319 e. The van der Waals surface area contributed by atoms with Gasteiger partial charge in [-0.25, -0.2) is 4.79 Å². The number of nitrogens with zero attached hydrogens (tertiary/aromatic N) is 5. The summed E-state index contributed by atoms with van der Waals surface area (Å²) in [4.78, 5) is 13.8. The molecule has 3 aromatic rings. The highest BCUT2D eigenvalue weighted by Crippen LogP contribution is 2.18. The van der Waals surface area contributed by atoms with Crippen molar-refractivity contribution in [1.82, 2.24) is 25.5 Å². The number of nitrogens with one attached hydrogen (secondary N) is 2. The number of nitriles is 1. The Morgan fingerprint density at radius 2 is 1.97 bits per heavy atom. The molecule has 10 nitrogen and oxygen atoms in total. The van der Waals surface area contributed by atoms with Crippen molar-refractivity contribution in [3.05, 3.63) is 65.5 Å². The van der Waals surface area contributed by atoms with Crippen LogP contribution in [-0.2, 0) is 13.0 Å². The molecule has 1 aromatic heterocycles. The molecule has 1 heterocycles. The molecule has 0 radical (unpaired) electrons. The number of ether oxygens (including phenoxy) is 1. The number of amides is 2. The predicted octanol–water partition coefficient (Wildman–Crippen LogP) is 1.65. The number of aromatic nitrogens is 4. The number of urea groups is 1. The fraction of sp³-hybridized carbons (Fsp3) is 0.250. The largest absolute Gasteiger partial charge is 0.497 e. The minimum atomic E-state index is -0.552. The van der Waals surface area contributed by atoms with E-state index in [2.05, 4.69) is 26.0 Å². The first-order valence-corrected chi connectivity index (χ1v) is 9.20. The van der Waals surface area contributed by atoms with Crippen molar-refractivity contribution >= 4 is 11.7 Å². The van der Waals surface area contributed by atoms with E-state index < -0.39 is 12.1 Å². The van der Waals surface area contributed by atoms with Crippen LogP contribution in [0.3, 0.4) is 0 Å². The van der Waals surface area contributed by atoms with Gasteiger partial charge in [-0.1, -0.05) is 12.1 Å². The van der Waals surface area contributed by atoms with Crippen molar-refractivity contribution < 1.29 is 14.6 Å². The Kier molecular flexibility index (Phi) is 6.91. The molecule has 0 spiro atoms. The minimum absolute atomic E-state index is 0.119. The molecule has 3 rings (SSSR count). The van der Waals surface area contributed by atoms with E-state index in [-0.39, 0.29) is 13.2 Å². The van der Waals surface area contributed by atoms with Crippen LogP contribution in [0.25, 0.3) is 0 Å². The molecule has 2 aromatic carbocycles. The molecule has 154 valence electrons. The lowest BCUT2D eigenvalue weighted by atomic mass is 10.1. The van der Waals surface area contributed by atoms with E-state index in [1.165, 1.54) is 4.80 Å². The third-order valence-corrected chi connectivity index (χ3v) is 4.26. The third-order valence-electron chi connectivity index (χ3n) is 4.26. The van der Waals surface area contributed by atoms with E-state index in [0.717, 1.165) is 11.3 Å². The molecule has 10 heteroatoms. The van der Waals surface area contributed by atoms with Crippen molar-refractivity contribution in [2.75, 3.05) is 19.0 Å². The summed E-state index contributed by atoms with van der Waals surface area (Å²) >= 11 is 0. The number of aliphatic hydroxyl groups is 1. The van der Waals surface area contributed by atoms with E-state index in [0.29, 0.717) is 23.5 Å². The highest BCUT2D eigenvalue weighted by atomic mass is 16.5. The van der Waals surface area contributed by atoms with Gasteiger partial charge in [-0.3, -0.25) is 0 Å². The summed E-state index contributed by atoms with van der Waals surface area (Å²) < 4.78 is 5.17. The Morgan fingerprint density at radius 3 is 2.60 bits per heavy atom. The number of hydrogen-bond acceptors (Lipinski definition) is 7. The first kappa shape index (κ1) is 20.8. The van der Waals surface area contributed by atoms with Crippen molar-refractivity contribution in [2.24, 2.45) is 0 Å². The molecule has 0 aliphatic rings. The van der Waals surface area contributed by atoms with Crippen LogP contribution in [0.5, 0.6) is 5.75 Å². The molecule has 3 N–H and O–H groups in total. The zero-order valence-electron chi connectivity index (χ0n) is 16.3. The molecule has 0 aliphatic carbocycles. The highest BCUT2D eigenvalue weighted by molar-refractivity contribution is 5.89. The van der Waals surface area contributed by atoms with Crippen molar-refractivity contribution in [2.45, 2.75) is 19.0 Å². The number of aliphatic hydroxyl groups excluding tert-OH is 1. The third kappa shape index (κ3) is 5.52. The summed E-state index contributed by atoms with van der Waals surface area (Å²) in [6.45, 7) is 0.0885. The summed E-state index contributed by atoms with van der Waals surface area (Å²) in [7, 11) is 1.59. The lowest BCUT2D eigenvalue weighted by molar-refractivity contribution is 0.247. The number of carbonyl (C=O) groups is 1. The number of rotatable bonds is 8. The average molecular weight is 407 g/mol. The molecule has 0 aliphatic heterocycles. The molecule has 1 unspecified atom stereocenters. The first-order chi connectivity index (χ1) is 14.6. The maximum absolute atomic E-state index is 12.5. The quantitative estimate of drug-likeness (QED) is 0.516. The van der Waals surface area contributed by atoms with Gasteiger partial charge in [0.2, 0.25) is 0 Å². The molecule has 30 heavy (non-hydrogen) atoms. The summed E-state index contributed by atoms with van der Waals surface area (Å²) in [6, 6.07) is 15.0. The van der Waals surface area contributed by atoms with E-state index in [4.69, 9.17) is 15.1 Å². The monoisotopic (exact) mass is 407 g/mol. The highest BCUT2D eigenvalue weighted by Gasteiger charge is 2.21. The summed E-state index contributed by atoms with van der Waals surface area (Å²) in [5.74, 6) is 1.06. The van der Waals surface area contributed by atoms with Crippen LogP contribution in [0, 0.1) is 11.3 Å². The Balaban J connectivity index is 1.74. The number of hydrogen-bond donors (Lipinski definition) is 3. The number of anilines is 1. The van der Waals surface area contributed by atoms with Gasteiger partial charge in [0.15, 0.2) is 5.82 Å². The number of tetrazole rings is 1. The molecular weight excluding hydrogens is 386 g/mol. The number of benzene rings is 2. The Bertz CT molecular complexity index is 1010. The van der Waals surface area contributed by atoms with Gasteiger partial charge in [0.1, 0.15) is 5.75 Å². The second kappa shape index (κ2) is 9.99. The molecule has 0 saturated carbocycles. The van der Waals surface area contributed by atoms with E-state index >= 15 is 0 Å². The first-order valence-electron chi connectivity index (χ1n) is 9.20. The van der Waals surface area contributed by atoms with Crippen LogP contribution < -0.4 is 15.4 Å². The SMILES string of the molecule is COc1ccc(CC(NC(=O)Nc2ccc(C#N)cc2)c2nnn(CCO)n2)cc1. The zero-order chi connectivity index (χ0) is 21.3. The van der Waals surface area contributed by atoms with E-state index in [1.807, 2.05) is 30.3 Å². The van der Waals surface area contributed by atoms with Gasteiger partial charge in [-0.15, -0.1) is 10.2 Å². The minimum Gasteiger partial charge on any atom is -0.497 e. The molecule has 1 atom stereocenters. The summed E-state index contributed by atoms with van der Waals surface area (Å²) in [5.41, 5.74) is 1.99. The number of carbonyl (C=O) groups excluding carboxylic acids is 1. The Hall–Kier alpha value is -3.97. The summed E-state index contributed by atoms with van der Waals surface area (Å²) in [5, 5.41) is 35.7. The average Bonchev–Trinajstić information content (AvgIpc) is 3.23. The van der Waals surface area contributed by atoms with E-state index in [1.54, 1.807) is 31.4 Å². The van der Waals surface area contributed by atoms with Crippen LogP contribution in [0.2, 0.25) is 0 Å². The maximum Gasteiger partial charge on any atom is 0.319 e. The van der Waals surface area contributed by atoms with Gasteiger partial charge in [-0.05, 0) is 47.2 Å². The molecule has 0 fully saturated rings. The molecule has 0 bridgehead atoms. The maximum atomic E-state index is 12.5. The van der Waals surface area contributed by atoms with Gasteiger partial charge >= 0.3 is 6.03 Å². The van der Waals surface area contributed by atoms with Gasteiger partial charge < -0.3 is 20.5 Å². The molecule has 0 saturated heterocycles. The Labute approximate surface area is 173 Å². The standard InChI is InChI=1S/C20H21N7O3/c1-30-17-8-4-14(5-9-17)12-18(19-24-26-27(25-19)10-11-28)23-20(29)22-16-6-2-15(13-21)3-7-16/h2-9,18,28H,10-12H2,1H3,(H2,22,23,29). The van der Waals surface area contributed by atoms with E-state index in [9.17, 15) is 4.79 Å². The molecular formula is C20H21N7O3. The van der Waals surface area contributed by atoms with Crippen molar-refractivity contribution in [3.63, 3.8) is 0 Å². The summed E-state index contributed by atoms with van der Waals surface area (Å²) in [6.07, 6.45) is 0.426. The topological polar surface area (TPSA) is 138 Å². The van der Waals surface area contributed by atoms with Crippen LogP contribution in [-0.4, -0.2) is 45.1 Å². The van der Waals surface area contributed by atoms with Crippen LogP contribution >= 0.6 is 0 Å². The van der Waals surface area contributed by atoms with Crippen molar-refractivity contribution in [3.8, 4) is 11.8 Å². The zero-order valence-corrected chi connectivity index (χ0v) is 16.3. The Morgan fingerprint density at radius 1 is 1.23 bits per heavy atom. The lowest BCUT2D eigenvalue weighted by Crippen LogP contribution is -2.34. The fourth-order valence-electron chi connectivity index (χ4n) is 2.74. The van der Waals surface area contributed by atoms with Gasteiger partial charge in [0.25, 0.3) is 0 Å². The second-order valence-corrected chi connectivity index (χ2v) is 6.36. The van der Waals surface area contributed by atoms with Gasteiger partial charge in [-0.2, -0.15) is 10.1 Å². The van der Waals surface area contributed by atoms with Crippen LogP contribution in [0.15, 0.2) is 48.5 Å². The van der Waals surface area contributed by atoms with Crippen LogP contribution in [0.4, 0.5) is 10.5 Å². The van der Waals surface area contributed by atoms with Gasteiger partial charge in [0.05, 0.1) is 37.9 Å². The van der Waals surface area contributed by atoms with Gasteiger partial charge in [0, 0.05) is 12.1 Å². The lowest BCUT2D eigenvalue weighted by Gasteiger charge is -2.16. The normalized spacial score (nSPS) is 11.4. The predicted molar refractivity (Wildman–Crippen MR) is 108 cm³/mol. The number of methoxy groups -OCH3 is 1.